The number of rotatable bonds is 5. The Morgan fingerprint density at radius 3 is 2.55 bits per heavy atom. The lowest BCUT2D eigenvalue weighted by Crippen LogP contribution is -2.20. The maximum absolute atomic E-state index is 13.8. The van der Waals surface area contributed by atoms with Gasteiger partial charge in [0.05, 0.1) is 13.2 Å². The van der Waals surface area contributed by atoms with Crippen LogP contribution in [0.5, 0.6) is 11.5 Å². The molecule has 0 bridgehead atoms. The molecule has 0 aliphatic rings. The Labute approximate surface area is 118 Å². The molecule has 0 spiro atoms. The molecule has 0 heterocycles. The number of ether oxygens (including phenoxy) is 2. The van der Waals surface area contributed by atoms with Gasteiger partial charge in [-0.15, -0.1) is 0 Å². The summed E-state index contributed by atoms with van der Waals surface area (Å²) in [7, 11) is 1.59. The highest BCUT2D eigenvalue weighted by molar-refractivity contribution is 5.36. The van der Waals surface area contributed by atoms with Crippen LogP contribution in [0.4, 0.5) is 4.39 Å². The van der Waals surface area contributed by atoms with E-state index >= 15 is 0 Å². The smallest absolute Gasteiger partial charge is 0.167 e. The number of para-hydroxylation sites is 1. The third-order valence-corrected chi connectivity index (χ3v) is 3.11. The van der Waals surface area contributed by atoms with Gasteiger partial charge >= 0.3 is 0 Å². The first-order valence-electron chi connectivity index (χ1n) is 6.40. The van der Waals surface area contributed by atoms with Crippen LogP contribution in [-0.2, 0) is 0 Å². The summed E-state index contributed by atoms with van der Waals surface area (Å²) in [6.45, 7) is 1.88. The molecule has 20 heavy (non-hydrogen) atoms. The van der Waals surface area contributed by atoms with Crippen LogP contribution in [0, 0.1) is 12.7 Å². The number of methoxy groups -OCH3 is 1. The molecule has 2 aromatic rings. The molecule has 4 heteroatoms. The summed E-state index contributed by atoms with van der Waals surface area (Å²) < 4.78 is 24.5. The van der Waals surface area contributed by atoms with E-state index in [1.807, 2.05) is 24.3 Å². The molecule has 0 fully saturated rings. The van der Waals surface area contributed by atoms with Crippen LogP contribution in [0.1, 0.15) is 17.2 Å². The number of aryl methyl sites for hydroxylation is 1. The molecule has 2 N–H and O–H groups in total. The highest BCUT2D eigenvalue weighted by atomic mass is 19.1. The highest BCUT2D eigenvalue weighted by Crippen LogP contribution is 2.25. The summed E-state index contributed by atoms with van der Waals surface area (Å²) in [5, 5.41) is 0. The van der Waals surface area contributed by atoms with Crippen molar-refractivity contribution in [1.82, 2.24) is 0 Å². The van der Waals surface area contributed by atoms with Crippen LogP contribution in [-0.4, -0.2) is 13.7 Å². The van der Waals surface area contributed by atoms with Crippen molar-refractivity contribution in [1.29, 1.82) is 0 Å². The average Bonchev–Trinajstić information content (AvgIpc) is 2.48. The van der Waals surface area contributed by atoms with Gasteiger partial charge in [0.15, 0.2) is 11.6 Å². The van der Waals surface area contributed by atoms with Crippen molar-refractivity contribution in [3.8, 4) is 11.5 Å². The van der Waals surface area contributed by atoms with E-state index in [1.54, 1.807) is 32.2 Å². The Kier molecular flexibility index (Phi) is 4.58. The van der Waals surface area contributed by atoms with Gasteiger partial charge in [-0.05, 0) is 24.6 Å². The number of hydrogen-bond donors (Lipinski definition) is 1. The van der Waals surface area contributed by atoms with E-state index in [1.165, 1.54) is 0 Å². The van der Waals surface area contributed by atoms with E-state index in [0.717, 1.165) is 5.56 Å². The second kappa shape index (κ2) is 6.39. The van der Waals surface area contributed by atoms with Crippen LogP contribution >= 0.6 is 0 Å². The Morgan fingerprint density at radius 1 is 1.10 bits per heavy atom. The zero-order valence-corrected chi connectivity index (χ0v) is 11.6. The van der Waals surface area contributed by atoms with E-state index in [9.17, 15) is 4.39 Å². The van der Waals surface area contributed by atoms with Gasteiger partial charge in [0.1, 0.15) is 12.4 Å². The van der Waals surface area contributed by atoms with Crippen LogP contribution in [0.15, 0.2) is 42.5 Å². The van der Waals surface area contributed by atoms with Crippen molar-refractivity contribution in [2.45, 2.75) is 13.0 Å². The second-order valence-electron chi connectivity index (χ2n) is 4.55. The van der Waals surface area contributed by atoms with Gasteiger partial charge in [0.2, 0.25) is 0 Å². The molecule has 2 rings (SSSR count). The van der Waals surface area contributed by atoms with E-state index < -0.39 is 0 Å². The zero-order chi connectivity index (χ0) is 14.5. The summed E-state index contributed by atoms with van der Waals surface area (Å²) >= 11 is 0. The van der Waals surface area contributed by atoms with E-state index in [-0.39, 0.29) is 24.2 Å². The van der Waals surface area contributed by atoms with Gasteiger partial charge in [0.25, 0.3) is 0 Å². The quantitative estimate of drug-likeness (QED) is 0.911. The van der Waals surface area contributed by atoms with Crippen molar-refractivity contribution in [3.05, 3.63) is 59.4 Å². The van der Waals surface area contributed by atoms with E-state index in [4.69, 9.17) is 15.2 Å². The van der Waals surface area contributed by atoms with Crippen molar-refractivity contribution in [3.63, 3.8) is 0 Å². The molecule has 0 aromatic heterocycles. The van der Waals surface area contributed by atoms with Gasteiger partial charge < -0.3 is 15.2 Å². The standard InChI is InChI=1S/C16H18FNO2/c1-11-6-5-9-15(16(11)17)20-10-13(18)12-7-3-4-8-14(12)19-2/h3-9,13H,10,18H2,1-2H3. The lowest BCUT2D eigenvalue weighted by molar-refractivity contribution is 0.273. The van der Waals surface area contributed by atoms with Crippen LogP contribution in [0.3, 0.4) is 0 Å². The third-order valence-electron chi connectivity index (χ3n) is 3.11. The largest absolute Gasteiger partial charge is 0.496 e. The molecule has 106 valence electrons. The van der Waals surface area contributed by atoms with Gasteiger partial charge in [0, 0.05) is 5.56 Å². The summed E-state index contributed by atoms with van der Waals surface area (Å²) in [5.41, 5.74) is 7.47. The third kappa shape index (κ3) is 3.08. The molecule has 1 atom stereocenters. The monoisotopic (exact) mass is 275 g/mol. The maximum Gasteiger partial charge on any atom is 0.167 e. The molecule has 0 saturated carbocycles. The van der Waals surface area contributed by atoms with Gasteiger partial charge in [-0.2, -0.15) is 0 Å². The predicted molar refractivity (Wildman–Crippen MR) is 76.6 cm³/mol. The number of nitrogens with two attached hydrogens (primary N) is 1. The van der Waals surface area contributed by atoms with Gasteiger partial charge in [-0.1, -0.05) is 30.3 Å². The summed E-state index contributed by atoms with van der Waals surface area (Å²) in [6.07, 6.45) is 0. The molecule has 0 radical (unpaired) electrons. The molecular formula is C16H18FNO2. The summed E-state index contributed by atoms with van der Waals surface area (Å²) in [5.74, 6) is 0.573. The average molecular weight is 275 g/mol. The maximum atomic E-state index is 13.8. The van der Waals surface area contributed by atoms with Crippen LogP contribution < -0.4 is 15.2 Å². The SMILES string of the molecule is COc1ccccc1C(N)COc1cccc(C)c1F. The fraction of sp³-hybridized carbons (Fsp3) is 0.250. The minimum atomic E-state index is -0.383. The van der Waals surface area contributed by atoms with Crippen molar-refractivity contribution < 1.29 is 13.9 Å². The zero-order valence-electron chi connectivity index (χ0n) is 11.6. The molecule has 0 amide bonds. The van der Waals surface area contributed by atoms with Crippen LogP contribution in [0.2, 0.25) is 0 Å². The first-order valence-corrected chi connectivity index (χ1v) is 6.40. The van der Waals surface area contributed by atoms with Gasteiger partial charge in [-0.3, -0.25) is 0 Å². The Balaban J connectivity index is 2.09. The van der Waals surface area contributed by atoms with Crippen molar-refractivity contribution >= 4 is 0 Å². The van der Waals surface area contributed by atoms with Crippen LogP contribution in [0.25, 0.3) is 0 Å². The fourth-order valence-corrected chi connectivity index (χ4v) is 1.97. The normalized spacial score (nSPS) is 12.0. The molecule has 1 unspecified atom stereocenters. The van der Waals surface area contributed by atoms with Crippen molar-refractivity contribution in [2.75, 3.05) is 13.7 Å². The number of hydrogen-bond acceptors (Lipinski definition) is 3. The molecule has 0 aliphatic carbocycles. The highest BCUT2D eigenvalue weighted by Gasteiger charge is 2.13. The van der Waals surface area contributed by atoms with Crippen molar-refractivity contribution in [2.24, 2.45) is 5.73 Å². The Morgan fingerprint density at radius 2 is 1.80 bits per heavy atom. The van der Waals surface area contributed by atoms with E-state index in [0.29, 0.717) is 11.3 Å². The minimum absolute atomic E-state index is 0.181. The summed E-state index contributed by atoms with van der Waals surface area (Å²) in [4.78, 5) is 0. The second-order valence-corrected chi connectivity index (χ2v) is 4.55. The lowest BCUT2D eigenvalue weighted by Gasteiger charge is -2.17. The first-order chi connectivity index (χ1) is 9.63. The minimum Gasteiger partial charge on any atom is -0.496 e. The lowest BCUT2D eigenvalue weighted by atomic mass is 10.1. The summed E-state index contributed by atoms with van der Waals surface area (Å²) in [6, 6.07) is 12.1. The number of halogens is 1. The first kappa shape index (κ1) is 14.3. The predicted octanol–water partition coefficient (Wildman–Crippen LogP) is 3.22. The fourth-order valence-electron chi connectivity index (χ4n) is 1.97. The molecule has 0 aliphatic heterocycles. The molecular weight excluding hydrogens is 257 g/mol. The number of benzene rings is 2. The Hall–Kier alpha value is -2.07. The van der Waals surface area contributed by atoms with E-state index in [2.05, 4.69) is 0 Å². The molecule has 3 nitrogen and oxygen atoms in total. The Bertz CT molecular complexity index is 586. The molecule has 0 saturated heterocycles. The molecule has 2 aromatic carbocycles. The topological polar surface area (TPSA) is 44.5 Å². The van der Waals surface area contributed by atoms with Gasteiger partial charge in [-0.25, -0.2) is 4.39 Å².